The van der Waals surface area contributed by atoms with Gasteiger partial charge >= 0.3 is 0 Å². The van der Waals surface area contributed by atoms with Crippen LogP contribution in [0.4, 0.5) is 0 Å². The average Bonchev–Trinajstić information content (AvgIpc) is 3.57. The van der Waals surface area contributed by atoms with Crippen molar-refractivity contribution < 1.29 is 4.42 Å². The van der Waals surface area contributed by atoms with Crippen LogP contribution in [0.1, 0.15) is 29.8 Å². The molecule has 2 heterocycles. The molecular formula is C47H35N3O. The van der Waals surface area contributed by atoms with Gasteiger partial charge in [-0.3, -0.25) is 0 Å². The Balaban J connectivity index is 1.16. The molecule has 1 aliphatic carbocycles. The lowest BCUT2D eigenvalue weighted by Crippen LogP contribution is -2.37. The van der Waals surface area contributed by atoms with Crippen molar-refractivity contribution in [2.45, 2.75) is 13.1 Å². The number of furan rings is 1. The summed E-state index contributed by atoms with van der Waals surface area (Å²) in [4.78, 5) is 13.1. The highest BCUT2D eigenvalue weighted by Gasteiger charge is 2.33. The number of benzene rings is 7. The molecule has 0 N–H and O–H groups in total. The largest absolute Gasteiger partial charge is 0.456 e. The molecule has 8 aromatic rings. The lowest BCUT2D eigenvalue weighted by Gasteiger charge is -2.35. The highest BCUT2D eigenvalue weighted by atomic mass is 16.3. The molecule has 10 rings (SSSR count). The van der Waals surface area contributed by atoms with Crippen LogP contribution in [0.15, 0.2) is 172 Å². The highest BCUT2D eigenvalue weighted by molar-refractivity contribution is 6.26. The summed E-state index contributed by atoms with van der Waals surface area (Å²) >= 11 is 0. The van der Waals surface area contributed by atoms with Crippen LogP contribution in [-0.4, -0.2) is 23.6 Å². The van der Waals surface area contributed by atoms with Crippen LogP contribution >= 0.6 is 0 Å². The third-order valence-electron chi connectivity index (χ3n) is 10.8. The molecule has 0 saturated heterocycles. The monoisotopic (exact) mass is 657 g/mol. The Hall–Kier alpha value is -6.26. The lowest BCUT2D eigenvalue weighted by molar-refractivity contribution is 0.378. The number of rotatable bonds is 4. The molecule has 0 radical (unpaired) electrons. The van der Waals surface area contributed by atoms with Gasteiger partial charge in [0.25, 0.3) is 0 Å². The summed E-state index contributed by atoms with van der Waals surface area (Å²) in [5.74, 6) is 1.95. The molecule has 4 nitrogen and oxygen atoms in total. The van der Waals surface area contributed by atoms with E-state index in [2.05, 4.69) is 164 Å². The van der Waals surface area contributed by atoms with Gasteiger partial charge in [-0.25, -0.2) is 9.98 Å². The molecule has 1 aromatic heterocycles. The predicted molar refractivity (Wildman–Crippen MR) is 213 cm³/mol. The Kier molecular flexibility index (Phi) is 6.78. The minimum Gasteiger partial charge on any atom is -0.456 e. The van der Waals surface area contributed by atoms with E-state index in [4.69, 9.17) is 14.4 Å². The number of nitrogens with zero attached hydrogens (tertiary/aromatic N) is 3. The number of amidine groups is 2. The summed E-state index contributed by atoms with van der Waals surface area (Å²) in [5, 5.41) is 9.71. The Bertz CT molecular complexity index is 2770. The zero-order valence-corrected chi connectivity index (χ0v) is 28.5. The van der Waals surface area contributed by atoms with Crippen molar-refractivity contribution in [3.63, 3.8) is 0 Å². The molecule has 1 aliphatic heterocycles. The minimum atomic E-state index is -0.332. The first-order valence-corrected chi connectivity index (χ1v) is 17.7. The van der Waals surface area contributed by atoms with Gasteiger partial charge in [0.15, 0.2) is 6.17 Å². The second kappa shape index (κ2) is 11.7. The Morgan fingerprint density at radius 3 is 1.94 bits per heavy atom. The van der Waals surface area contributed by atoms with E-state index in [9.17, 15) is 0 Å². The van der Waals surface area contributed by atoms with Gasteiger partial charge in [-0.15, -0.1) is 0 Å². The van der Waals surface area contributed by atoms with Gasteiger partial charge < -0.3 is 9.32 Å². The van der Waals surface area contributed by atoms with Gasteiger partial charge in [-0.1, -0.05) is 153 Å². The molecule has 3 unspecified atom stereocenters. The van der Waals surface area contributed by atoms with Crippen LogP contribution in [0.3, 0.4) is 0 Å². The second-order valence-corrected chi connectivity index (χ2v) is 13.8. The number of allylic oxidation sites excluding steroid dienone is 3. The van der Waals surface area contributed by atoms with Crippen LogP contribution in [0.2, 0.25) is 0 Å². The average molecular weight is 658 g/mol. The quantitative estimate of drug-likeness (QED) is 0.177. The smallest absolute Gasteiger partial charge is 0.153 e. The molecule has 0 spiro atoms. The Morgan fingerprint density at radius 2 is 1.22 bits per heavy atom. The molecule has 4 heteroatoms. The van der Waals surface area contributed by atoms with E-state index in [-0.39, 0.29) is 18.0 Å². The minimum absolute atomic E-state index is 0.0174. The zero-order chi connectivity index (χ0) is 34.1. The van der Waals surface area contributed by atoms with E-state index in [1.54, 1.807) is 0 Å². The number of hydrogen-bond donors (Lipinski definition) is 0. The van der Waals surface area contributed by atoms with E-state index in [1.165, 1.54) is 43.5 Å². The fourth-order valence-corrected chi connectivity index (χ4v) is 8.24. The molecule has 0 fully saturated rings. The first-order chi connectivity index (χ1) is 25.1. The second-order valence-electron chi connectivity index (χ2n) is 13.8. The summed E-state index contributed by atoms with van der Waals surface area (Å²) in [6.07, 6.45) is 6.55. The van der Waals surface area contributed by atoms with Gasteiger partial charge in [-0.2, -0.15) is 0 Å². The predicted octanol–water partition coefficient (Wildman–Crippen LogP) is 11.7. The molecule has 51 heavy (non-hydrogen) atoms. The third-order valence-corrected chi connectivity index (χ3v) is 10.8. The van der Waals surface area contributed by atoms with Crippen molar-refractivity contribution in [1.82, 2.24) is 4.90 Å². The first-order valence-electron chi connectivity index (χ1n) is 17.7. The number of hydrogen-bond acceptors (Lipinski definition) is 4. The van der Waals surface area contributed by atoms with Crippen molar-refractivity contribution in [3.05, 3.63) is 174 Å². The SMILES string of the molecule is CC1C=C(c2ccccc2)C=CC1C1=NC(c2cccc3c2oc2ccccc23)N(C)C(c2ccc3c4ccccc4c4ccccc4c3c2)=N1. The zero-order valence-electron chi connectivity index (χ0n) is 28.5. The van der Waals surface area contributed by atoms with E-state index in [1.807, 2.05) is 12.1 Å². The molecule has 3 atom stereocenters. The number of para-hydroxylation sites is 2. The lowest BCUT2D eigenvalue weighted by atomic mass is 9.84. The normalized spacial score (nSPS) is 19.2. The van der Waals surface area contributed by atoms with Crippen molar-refractivity contribution in [1.29, 1.82) is 0 Å². The Morgan fingerprint density at radius 1 is 0.588 bits per heavy atom. The van der Waals surface area contributed by atoms with Crippen LogP contribution in [0, 0.1) is 11.8 Å². The number of fused-ring (bicyclic) bond motifs is 9. The highest BCUT2D eigenvalue weighted by Crippen LogP contribution is 2.40. The fourth-order valence-electron chi connectivity index (χ4n) is 8.24. The van der Waals surface area contributed by atoms with Gasteiger partial charge in [0.2, 0.25) is 0 Å². The van der Waals surface area contributed by atoms with Crippen molar-refractivity contribution in [2.75, 3.05) is 7.05 Å². The summed E-state index contributed by atoms with van der Waals surface area (Å²) in [6, 6.07) is 49.6. The van der Waals surface area contributed by atoms with Gasteiger partial charge in [0.05, 0.1) is 0 Å². The van der Waals surface area contributed by atoms with Crippen LogP contribution < -0.4 is 0 Å². The molecule has 0 saturated carbocycles. The molecular weight excluding hydrogens is 623 g/mol. The van der Waals surface area contributed by atoms with Crippen molar-refractivity contribution in [2.24, 2.45) is 21.8 Å². The standard InChI is InChI=1S/C47H35N3O/c1-29-27-31(30-13-4-3-5-14-30)23-25-33(29)45-48-46(50(2)47(49-45)41-21-12-20-40-39-19-10-11-22-43(39)51-44(40)41)32-24-26-38-36-17-7-6-15-34(36)35-16-8-9-18-37(35)42(38)28-32/h3-29,33,47H,1-2H3. The summed E-state index contributed by atoms with van der Waals surface area (Å²) < 4.78 is 6.58. The maximum Gasteiger partial charge on any atom is 0.153 e. The first kappa shape index (κ1) is 29.6. The fraction of sp³-hybridized carbons (Fsp3) is 0.106. The summed E-state index contributed by atoms with van der Waals surface area (Å²) in [5.41, 5.74) is 6.30. The van der Waals surface area contributed by atoms with Crippen LogP contribution in [-0.2, 0) is 0 Å². The van der Waals surface area contributed by atoms with Crippen LogP contribution in [0.5, 0.6) is 0 Å². The van der Waals surface area contributed by atoms with Crippen molar-refractivity contribution in [3.8, 4) is 0 Å². The van der Waals surface area contributed by atoms with E-state index in [0.29, 0.717) is 0 Å². The van der Waals surface area contributed by atoms with E-state index >= 15 is 0 Å². The maximum atomic E-state index is 6.58. The summed E-state index contributed by atoms with van der Waals surface area (Å²) in [7, 11) is 2.11. The van der Waals surface area contributed by atoms with Crippen molar-refractivity contribution >= 4 is 71.5 Å². The molecule has 2 aliphatic rings. The molecule has 0 bridgehead atoms. The number of aliphatic imine (C=N–C) groups is 2. The van der Waals surface area contributed by atoms with Crippen LogP contribution in [0.25, 0.3) is 59.8 Å². The van der Waals surface area contributed by atoms with Gasteiger partial charge in [-0.05, 0) is 61.5 Å². The van der Waals surface area contributed by atoms with E-state index < -0.39 is 0 Å². The topological polar surface area (TPSA) is 41.1 Å². The Labute approximate surface area is 296 Å². The summed E-state index contributed by atoms with van der Waals surface area (Å²) in [6.45, 7) is 2.27. The molecule has 0 amide bonds. The maximum absolute atomic E-state index is 6.58. The molecule has 7 aromatic carbocycles. The van der Waals surface area contributed by atoms with Gasteiger partial charge in [0.1, 0.15) is 22.8 Å². The van der Waals surface area contributed by atoms with E-state index in [0.717, 1.165) is 44.7 Å². The van der Waals surface area contributed by atoms with Gasteiger partial charge in [0, 0.05) is 34.9 Å². The molecule has 244 valence electrons. The third kappa shape index (κ3) is 4.74.